The van der Waals surface area contributed by atoms with Crippen molar-refractivity contribution in [1.82, 2.24) is 29.5 Å². The van der Waals surface area contributed by atoms with Crippen LogP contribution in [0.2, 0.25) is 0 Å². The Morgan fingerprint density at radius 3 is 1.38 bits per heavy atom. The van der Waals surface area contributed by atoms with Crippen LogP contribution in [-0.2, 0) is 4.79 Å². The predicted molar refractivity (Wildman–Crippen MR) is 228 cm³/mol. The quantitative estimate of drug-likeness (QED) is 0.117. The van der Waals surface area contributed by atoms with Crippen LogP contribution in [-0.4, -0.2) is 95.9 Å². The zero-order valence-electron chi connectivity index (χ0n) is 33.6. The van der Waals surface area contributed by atoms with Gasteiger partial charge in [-0.1, -0.05) is 49.2 Å². The molecule has 6 heterocycles. The summed E-state index contributed by atoms with van der Waals surface area (Å²) in [5.41, 5.74) is 6.86. The number of aliphatic hydroxyl groups is 1. The Morgan fingerprint density at radius 1 is 0.617 bits per heavy atom. The van der Waals surface area contributed by atoms with E-state index in [-0.39, 0.29) is 23.9 Å². The van der Waals surface area contributed by atoms with E-state index in [0.717, 1.165) is 129 Å². The summed E-state index contributed by atoms with van der Waals surface area (Å²) in [6, 6.07) is 22.9. The highest BCUT2D eigenvalue weighted by molar-refractivity contribution is 6.00. The fraction of sp³-hybridized carbons (Fsp3) is 0.413. The number of fused-ring (bicyclic) bond motifs is 2. The van der Waals surface area contributed by atoms with Crippen LogP contribution in [0.5, 0.6) is 0 Å². The van der Waals surface area contributed by atoms with Gasteiger partial charge in [0.2, 0.25) is 0 Å². The topological polar surface area (TPSA) is 180 Å². The Hall–Kier alpha value is -6.15. The standard InChI is InChI=1S/C23H26N4O3.C23H24N4O3/c2*28-14-15-9-11-26(12-10-15)19-13-18(23(29)30)24-22-20(19)21(16-5-4-6-16)25-27(22)17-7-2-1-3-8-17/h1-3,7-8,13,15-16,28H,4-6,9-12,14H2,(H,29,30);1-3,7-8,13-16H,4-6,9-12H2,(H,29,30). The number of benzene rings is 2. The van der Waals surface area contributed by atoms with Gasteiger partial charge in [-0.25, -0.2) is 28.9 Å². The van der Waals surface area contributed by atoms with Gasteiger partial charge in [-0.05, 0) is 93.7 Å². The lowest BCUT2D eigenvalue weighted by Crippen LogP contribution is -2.35. The van der Waals surface area contributed by atoms with E-state index in [4.69, 9.17) is 10.2 Å². The summed E-state index contributed by atoms with van der Waals surface area (Å²) >= 11 is 0. The van der Waals surface area contributed by atoms with Crippen molar-refractivity contribution in [3.05, 3.63) is 95.6 Å². The number of anilines is 2. The first-order valence-electron chi connectivity index (χ1n) is 21.3. The maximum atomic E-state index is 11.9. The highest BCUT2D eigenvalue weighted by atomic mass is 16.4. The largest absolute Gasteiger partial charge is 0.477 e. The molecule has 4 aromatic heterocycles. The smallest absolute Gasteiger partial charge is 0.354 e. The van der Waals surface area contributed by atoms with Gasteiger partial charge >= 0.3 is 11.9 Å². The number of aromatic nitrogens is 6. The summed E-state index contributed by atoms with van der Waals surface area (Å²) in [5.74, 6) is -0.919. The molecule has 14 nitrogen and oxygen atoms in total. The van der Waals surface area contributed by atoms with E-state index >= 15 is 0 Å². The zero-order chi connectivity index (χ0) is 41.3. The van der Waals surface area contributed by atoms with Crippen LogP contribution >= 0.6 is 0 Å². The maximum absolute atomic E-state index is 11.9. The second-order valence-corrected chi connectivity index (χ2v) is 16.7. The summed E-state index contributed by atoms with van der Waals surface area (Å²) in [7, 11) is 0. The number of hydrogen-bond acceptors (Lipinski definition) is 10. The molecule has 2 aliphatic carbocycles. The van der Waals surface area contributed by atoms with E-state index in [9.17, 15) is 29.7 Å². The van der Waals surface area contributed by atoms with Gasteiger partial charge < -0.3 is 29.9 Å². The fourth-order valence-corrected chi connectivity index (χ4v) is 9.03. The van der Waals surface area contributed by atoms with Crippen molar-refractivity contribution in [2.75, 3.05) is 42.6 Å². The van der Waals surface area contributed by atoms with Gasteiger partial charge in [0.25, 0.3) is 0 Å². The van der Waals surface area contributed by atoms with Crippen molar-refractivity contribution in [1.29, 1.82) is 0 Å². The molecule has 14 heteroatoms. The van der Waals surface area contributed by atoms with Crippen LogP contribution in [0.15, 0.2) is 72.8 Å². The number of pyridine rings is 2. The van der Waals surface area contributed by atoms with Crippen LogP contribution in [0.25, 0.3) is 33.4 Å². The monoisotopic (exact) mass is 810 g/mol. The lowest BCUT2D eigenvalue weighted by Gasteiger charge is -2.34. The van der Waals surface area contributed by atoms with Crippen LogP contribution in [0, 0.1) is 11.8 Å². The minimum absolute atomic E-state index is 0.0206. The predicted octanol–water partition coefficient (Wildman–Crippen LogP) is 7.40. The highest BCUT2D eigenvalue weighted by Crippen LogP contribution is 2.45. The van der Waals surface area contributed by atoms with Gasteiger partial charge in [0.05, 0.1) is 44.9 Å². The summed E-state index contributed by atoms with van der Waals surface area (Å²) < 4.78 is 3.59. The Labute approximate surface area is 347 Å². The molecule has 0 unspecified atom stereocenters. The van der Waals surface area contributed by atoms with Gasteiger partial charge in [-0.3, -0.25) is 0 Å². The molecule has 3 N–H and O–H groups in total. The number of para-hydroxylation sites is 2. The summed E-state index contributed by atoms with van der Waals surface area (Å²) in [5, 5.41) is 40.8. The summed E-state index contributed by atoms with van der Waals surface area (Å²) in [4.78, 5) is 48.5. The van der Waals surface area contributed by atoms with Crippen molar-refractivity contribution in [3.8, 4) is 11.4 Å². The third-order valence-electron chi connectivity index (χ3n) is 13.0. The number of rotatable bonds is 10. The number of carboxylic acids is 2. The second-order valence-electron chi connectivity index (χ2n) is 16.7. The van der Waals surface area contributed by atoms with E-state index in [1.807, 2.05) is 60.7 Å². The number of nitrogens with zero attached hydrogens (tertiary/aromatic N) is 8. The van der Waals surface area contributed by atoms with E-state index in [1.165, 1.54) is 12.8 Å². The lowest BCUT2D eigenvalue weighted by atomic mass is 9.82. The first-order chi connectivity index (χ1) is 29.3. The van der Waals surface area contributed by atoms with Gasteiger partial charge in [0.1, 0.15) is 6.29 Å². The van der Waals surface area contributed by atoms with Crippen molar-refractivity contribution < 1.29 is 29.7 Å². The van der Waals surface area contributed by atoms with Crippen molar-refractivity contribution >= 4 is 51.7 Å². The molecule has 2 saturated carbocycles. The zero-order valence-corrected chi connectivity index (χ0v) is 33.6. The summed E-state index contributed by atoms with van der Waals surface area (Å²) in [6.45, 7) is 3.25. The lowest BCUT2D eigenvalue weighted by molar-refractivity contribution is -0.111. The fourth-order valence-electron chi connectivity index (χ4n) is 9.03. The van der Waals surface area contributed by atoms with Crippen LogP contribution in [0.3, 0.4) is 0 Å². The SMILES string of the molecule is O=C(O)c1cc(N2CCC(CO)CC2)c2c(C3CCC3)nn(-c3ccccc3)c2n1.O=CC1CCN(c2cc(C(=O)O)nc3c2c(C2CCC2)nn3-c2ccccc2)CC1. The average molecular weight is 811 g/mol. The minimum atomic E-state index is -1.05. The van der Waals surface area contributed by atoms with Crippen molar-refractivity contribution in [3.63, 3.8) is 0 Å². The third kappa shape index (κ3) is 7.48. The normalized spacial score (nSPS) is 17.9. The number of aliphatic hydroxyl groups excluding tert-OH is 1. The number of aromatic carboxylic acids is 2. The average Bonchev–Trinajstić information content (AvgIpc) is 3.82. The number of aldehydes is 1. The molecule has 0 radical (unpaired) electrons. The molecule has 2 saturated heterocycles. The first-order valence-corrected chi connectivity index (χ1v) is 21.3. The second kappa shape index (κ2) is 16.8. The first kappa shape index (κ1) is 39.3. The number of carboxylic acid groups (broad SMARTS) is 2. The van der Waals surface area contributed by atoms with Crippen LogP contribution in [0.4, 0.5) is 11.4 Å². The van der Waals surface area contributed by atoms with Gasteiger partial charge in [-0.15, -0.1) is 0 Å². The molecule has 0 spiro atoms. The van der Waals surface area contributed by atoms with Crippen LogP contribution in [0.1, 0.15) is 108 Å². The van der Waals surface area contributed by atoms with E-state index in [2.05, 4.69) is 19.8 Å². The summed E-state index contributed by atoms with van der Waals surface area (Å²) in [6.07, 6.45) is 11.2. The van der Waals surface area contributed by atoms with Crippen molar-refractivity contribution in [2.24, 2.45) is 11.8 Å². The molecule has 10 rings (SSSR count). The molecule has 0 bridgehead atoms. The molecule has 6 aromatic rings. The molecule has 2 aliphatic heterocycles. The maximum Gasteiger partial charge on any atom is 0.354 e. The third-order valence-corrected chi connectivity index (χ3v) is 13.0. The number of hydrogen-bond donors (Lipinski definition) is 3. The molecule has 0 atom stereocenters. The highest BCUT2D eigenvalue weighted by Gasteiger charge is 2.33. The molecule has 60 heavy (non-hydrogen) atoms. The van der Waals surface area contributed by atoms with Crippen LogP contribution < -0.4 is 9.80 Å². The molecular weight excluding hydrogens is 761 g/mol. The Balaban J connectivity index is 0.000000154. The number of carbonyl (C=O) groups is 3. The van der Waals surface area contributed by atoms with E-state index in [1.54, 1.807) is 21.5 Å². The Kier molecular flexibility index (Phi) is 11.0. The van der Waals surface area contributed by atoms with E-state index in [0.29, 0.717) is 29.0 Å². The molecular formula is C46H50N8O6. The van der Waals surface area contributed by atoms with Gasteiger partial charge in [-0.2, -0.15) is 10.2 Å². The molecule has 4 aliphatic rings. The number of piperidine rings is 2. The molecule has 0 amide bonds. The molecule has 2 aromatic carbocycles. The Bertz CT molecular complexity index is 2510. The van der Waals surface area contributed by atoms with E-state index < -0.39 is 11.9 Å². The van der Waals surface area contributed by atoms with Crippen molar-refractivity contribution in [2.45, 2.75) is 76.0 Å². The molecule has 4 fully saturated rings. The van der Waals surface area contributed by atoms with Gasteiger partial charge in [0.15, 0.2) is 22.7 Å². The molecule has 310 valence electrons. The Morgan fingerprint density at radius 2 is 1.03 bits per heavy atom. The minimum Gasteiger partial charge on any atom is -0.477 e. The number of carbonyl (C=O) groups excluding carboxylic acids is 1. The van der Waals surface area contributed by atoms with Gasteiger partial charge in [0, 0.05) is 50.5 Å².